The summed E-state index contributed by atoms with van der Waals surface area (Å²) in [6.45, 7) is 4.89. The number of ether oxygens (including phenoxy) is 3. The molecule has 0 amide bonds. The van der Waals surface area contributed by atoms with Crippen LogP contribution in [0.25, 0.3) is 0 Å². The van der Waals surface area contributed by atoms with Crippen molar-refractivity contribution in [3.8, 4) is 11.5 Å². The Hall–Kier alpha value is -2.89. The van der Waals surface area contributed by atoms with E-state index >= 15 is 0 Å². The first-order valence-corrected chi connectivity index (χ1v) is 15.4. The first-order valence-electron chi connectivity index (χ1n) is 15.4. The van der Waals surface area contributed by atoms with Crippen molar-refractivity contribution in [2.75, 3.05) is 6.61 Å². The second kappa shape index (κ2) is 17.7. The maximum atomic E-state index is 13.9. The van der Waals surface area contributed by atoms with Crippen molar-refractivity contribution in [2.24, 2.45) is 0 Å². The number of carbonyl (C=O) groups excluding carboxylic acids is 2. The van der Waals surface area contributed by atoms with E-state index in [1.165, 1.54) is 44.1 Å². The average Bonchev–Trinajstić information content (AvgIpc) is 2.98. The Bertz CT molecular complexity index is 996. The summed E-state index contributed by atoms with van der Waals surface area (Å²) in [5.41, 5.74) is 1.64. The van der Waals surface area contributed by atoms with Gasteiger partial charge in [-0.05, 0) is 86.4 Å². The minimum Gasteiger partial charge on any atom is -0.494 e. The van der Waals surface area contributed by atoms with Gasteiger partial charge >= 0.3 is 11.9 Å². The molecule has 0 heterocycles. The van der Waals surface area contributed by atoms with Crippen LogP contribution in [-0.2, 0) is 9.53 Å². The highest BCUT2D eigenvalue weighted by atomic mass is 19.1. The van der Waals surface area contributed by atoms with E-state index in [-0.39, 0.29) is 12.5 Å². The lowest BCUT2D eigenvalue weighted by Gasteiger charge is -2.29. The molecule has 0 aliphatic heterocycles. The molecule has 1 atom stereocenters. The van der Waals surface area contributed by atoms with Gasteiger partial charge in [0.1, 0.15) is 17.6 Å². The molecule has 0 N–H and O–H groups in total. The first-order chi connectivity index (χ1) is 19.5. The predicted molar refractivity (Wildman–Crippen MR) is 157 cm³/mol. The molecule has 0 bridgehead atoms. The third-order valence-electron chi connectivity index (χ3n) is 7.69. The van der Waals surface area contributed by atoms with Crippen molar-refractivity contribution >= 4 is 11.9 Å². The summed E-state index contributed by atoms with van der Waals surface area (Å²) >= 11 is 0. The van der Waals surface area contributed by atoms with Crippen molar-refractivity contribution in [3.63, 3.8) is 0 Å². The Labute approximate surface area is 239 Å². The maximum absolute atomic E-state index is 13.9. The Kier molecular flexibility index (Phi) is 14.0. The third kappa shape index (κ3) is 10.9. The number of rotatable bonds is 17. The van der Waals surface area contributed by atoms with Gasteiger partial charge in [-0.15, -0.1) is 0 Å². The fraction of sp³-hybridized carbons (Fsp3) is 0.588. The van der Waals surface area contributed by atoms with Crippen LogP contribution in [0.1, 0.15) is 126 Å². The minimum atomic E-state index is -1.51. The number of unbranched alkanes of at least 4 members (excludes halogenated alkanes) is 7. The van der Waals surface area contributed by atoms with Gasteiger partial charge in [0.25, 0.3) is 0 Å². The van der Waals surface area contributed by atoms with Gasteiger partial charge in [-0.1, -0.05) is 77.3 Å². The van der Waals surface area contributed by atoms with E-state index in [1.54, 1.807) is 12.1 Å². The molecule has 0 spiro atoms. The van der Waals surface area contributed by atoms with Gasteiger partial charge in [0.05, 0.1) is 12.2 Å². The first kappa shape index (κ1) is 31.6. The van der Waals surface area contributed by atoms with Crippen molar-refractivity contribution in [3.05, 3.63) is 59.7 Å². The Morgan fingerprint density at radius 1 is 0.775 bits per heavy atom. The minimum absolute atomic E-state index is 0.207. The lowest BCUT2D eigenvalue weighted by molar-refractivity contribution is -0.157. The highest BCUT2D eigenvalue weighted by Crippen LogP contribution is 2.35. The number of carbonyl (C=O) groups is 2. The normalized spacial score (nSPS) is 17.7. The molecule has 0 aromatic heterocycles. The predicted octanol–water partition coefficient (Wildman–Crippen LogP) is 9.13. The summed E-state index contributed by atoms with van der Waals surface area (Å²) in [5, 5.41) is 0. The van der Waals surface area contributed by atoms with Crippen molar-refractivity contribution < 1.29 is 28.2 Å². The second-order valence-corrected chi connectivity index (χ2v) is 11.0. The lowest BCUT2D eigenvalue weighted by Crippen LogP contribution is -2.28. The third-order valence-corrected chi connectivity index (χ3v) is 7.69. The standard InChI is InChI=1S/C34H47FO5/c1-3-5-7-8-9-10-11-25-38-29-19-17-28(18-20-29)33(36)39-30-21-13-26(14-22-30)27-15-23-31(24-16-27)40-34(37)32(35)12-6-4-2/h13-14,17-22,27,31-32H,3-12,15-16,23-25H2,1-2H3/t27?,31?,32-/m0/s1. The van der Waals surface area contributed by atoms with Crippen LogP contribution in [0.3, 0.4) is 0 Å². The SMILES string of the molecule is CCCCCCCCCOc1ccc(C(=O)Oc2ccc(C3CCC(OC(=O)[C@@H](F)CCCC)CC3)cc2)cc1. The molecule has 6 heteroatoms. The monoisotopic (exact) mass is 554 g/mol. The number of benzene rings is 2. The second-order valence-electron chi connectivity index (χ2n) is 11.0. The van der Waals surface area contributed by atoms with Gasteiger partial charge in [-0.3, -0.25) is 0 Å². The number of esters is 2. The van der Waals surface area contributed by atoms with Crippen LogP contribution in [0.5, 0.6) is 11.5 Å². The molecule has 0 saturated heterocycles. The molecule has 3 rings (SSSR count). The number of halogens is 1. The molecular weight excluding hydrogens is 507 g/mol. The summed E-state index contributed by atoms with van der Waals surface area (Å²) in [7, 11) is 0. The maximum Gasteiger partial charge on any atom is 0.343 e. The van der Waals surface area contributed by atoms with Crippen LogP contribution >= 0.6 is 0 Å². The van der Waals surface area contributed by atoms with Crippen LogP contribution < -0.4 is 9.47 Å². The van der Waals surface area contributed by atoms with Crippen LogP contribution in [-0.4, -0.2) is 30.8 Å². The fourth-order valence-corrected chi connectivity index (χ4v) is 5.16. The smallest absolute Gasteiger partial charge is 0.343 e. The molecule has 2 aromatic carbocycles. The summed E-state index contributed by atoms with van der Waals surface area (Å²) < 4.78 is 30.7. The van der Waals surface area contributed by atoms with E-state index in [1.807, 2.05) is 43.3 Å². The van der Waals surface area contributed by atoms with Gasteiger partial charge < -0.3 is 14.2 Å². The zero-order chi connectivity index (χ0) is 28.6. The van der Waals surface area contributed by atoms with Crippen molar-refractivity contribution in [2.45, 2.75) is 122 Å². The molecule has 1 fully saturated rings. The van der Waals surface area contributed by atoms with Gasteiger partial charge in [-0.25, -0.2) is 14.0 Å². The molecule has 2 aromatic rings. The van der Waals surface area contributed by atoms with Gasteiger partial charge in [0, 0.05) is 0 Å². The number of alkyl halides is 1. The van der Waals surface area contributed by atoms with Crippen LogP contribution in [0.4, 0.5) is 4.39 Å². The molecule has 1 saturated carbocycles. The van der Waals surface area contributed by atoms with Crippen molar-refractivity contribution in [1.29, 1.82) is 0 Å². The molecule has 1 aliphatic rings. The Morgan fingerprint density at radius 3 is 2.02 bits per heavy atom. The van der Waals surface area contributed by atoms with E-state index in [4.69, 9.17) is 14.2 Å². The summed E-state index contributed by atoms with van der Waals surface area (Å²) in [6.07, 6.45) is 12.0. The quantitative estimate of drug-likeness (QED) is 0.111. The number of hydrogen-bond donors (Lipinski definition) is 0. The zero-order valence-corrected chi connectivity index (χ0v) is 24.4. The average molecular weight is 555 g/mol. The largest absolute Gasteiger partial charge is 0.494 e. The molecular formula is C34H47FO5. The topological polar surface area (TPSA) is 61.8 Å². The highest BCUT2D eigenvalue weighted by Gasteiger charge is 2.27. The summed E-state index contributed by atoms with van der Waals surface area (Å²) in [5.74, 6) is 0.483. The summed E-state index contributed by atoms with van der Waals surface area (Å²) in [4.78, 5) is 24.6. The molecule has 1 aliphatic carbocycles. The Morgan fingerprint density at radius 2 is 1.38 bits per heavy atom. The molecule has 40 heavy (non-hydrogen) atoms. The van der Waals surface area contributed by atoms with E-state index in [0.717, 1.165) is 44.3 Å². The van der Waals surface area contributed by atoms with Gasteiger partial charge in [0.15, 0.2) is 6.17 Å². The molecule has 220 valence electrons. The van der Waals surface area contributed by atoms with E-state index in [2.05, 4.69) is 6.92 Å². The van der Waals surface area contributed by atoms with Crippen LogP contribution in [0.2, 0.25) is 0 Å². The summed E-state index contributed by atoms with van der Waals surface area (Å²) in [6, 6.07) is 14.7. The van der Waals surface area contributed by atoms with E-state index in [9.17, 15) is 14.0 Å². The van der Waals surface area contributed by atoms with E-state index in [0.29, 0.717) is 30.3 Å². The zero-order valence-electron chi connectivity index (χ0n) is 24.4. The highest BCUT2D eigenvalue weighted by molar-refractivity contribution is 5.91. The van der Waals surface area contributed by atoms with Crippen LogP contribution in [0, 0.1) is 0 Å². The number of hydrogen-bond acceptors (Lipinski definition) is 5. The molecule has 0 unspecified atom stereocenters. The van der Waals surface area contributed by atoms with Gasteiger partial charge in [0.2, 0.25) is 0 Å². The fourth-order valence-electron chi connectivity index (χ4n) is 5.16. The van der Waals surface area contributed by atoms with Crippen LogP contribution in [0.15, 0.2) is 48.5 Å². The van der Waals surface area contributed by atoms with Crippen molar-refractivity contribution in [1.82, 2.24) is 0 Å². The van der Waals surface area contributed by atoms with E-state index < -0.39 is 18.1 Å². The Balaban J connectivity index is 1.36. The van der Waals surface area contributed by atoms with Gasteiger partial charge in [-0.2, -0.15) is 0 Å². The molecule has 0 radical (unpaired) electrons. The molecule has 5 nitrogen and oxygen atoms in total. The lowest BCUT2D eigenvalue weighted by atomic mass is 9.83.